The number of methoxy groups -OCH3 is 2. The Labute approximate surface area is 240 Å². The number of benzene rings is 2. The maximum Gasteiger partial charge on any atom is 0.322 e. The smallest absolute Gasteiger partial charge is 0.322 e. The summed E-state index contributed by atoms with van der Waals surface area (Å²) < 4.78 is 22.5. The normalized spacial score (nSPS) is 15.1. The van der Waals surface area contributed by atoms with Crippen molar-refractivity contribution in [2.45, 2.75) is 50.6 Å². The highest BCUT2D eigenvalue weighted by atomic mass is 79.9. The van der Waals surface area contributed by atoms with Crippen molar-refractivity contribution in [2.75, 3.05) is 27.4 Å². The van der Waals surface area contributed by atoms with Crippen LogP contribution in [0, 0.1) is 0 Å². The van der Waals surface area contributed by atoms with Gasteiger partial charge in [0.25, 0.3) is 0 Å². The van der Waals surface area contributed by atoms with E-state index in [0.717, 1.165) is 81.6 Å². The third-order valence-electron chi connectivity index (χ3n) is 6.14. The van der Waals surface area contributed by atoms with E-state index in [2.05, 4.69) is 41.3 Å². The molecule has 0 spiro atoms. The molecule has 204 valence electrons. The molecular weight excluding hydrogens is 632 g/mol. The molecule has 2 aromatic rings. The number of ether oxygens (including phenoxy) is 4. The van der Waals surface area contributed by atoms with Gasteiger partial charge in [0.2, 0.25) is 0 Å². The van der Waals surface area contributed by atoms with Gasteiger partial charge in [-0.1, -0.05) is 12.1 Å². The summed E-state index contributed by atoms with van der Waals surface area (Å²) in [6.45, 7) is 1.47. The maximum atomic E-state index is 11.4. The van der Waals surface area contributed by atoms with E-state index >= 15 is 0 Å². The predicted octanol–water partition coefficient (Wildman–Crippen LogP) is 4.06. The van der Waals surface area contributed by atoms with E-state index in [1.54, 1.807) is 0 Å². The van der Waals surface area contributed by atoms with Crippen LogP contribution in [0.3, 0.4) is 0 Å². The third-order valence-corrected chi connectivity index (χ3v) is 7.39. The van der Waals surface area contributed by atoms with Crippen molar-refractivity contribution in [3.05, 3.63) is 55.5 Å². The van der Waals surface area contributed by atoms with Gasteiger partial charge < -0.3 is 30.4 Å². The van der Waals surface area contributed by atoms with E-state index in [4.69, 9.17) is 20.9 Å². The molecule has 2 atom stereocenters. The zero-order chi connectivity index (χ0) is 26.2. The Morgan fingerprint density at radius 2 is 1.19 bits per heavy atom. The van der Waals surface area contributed by atoms with Crippen LogP contribution in [-0.4, -0.2) is 51.5 Å². The average Bonchev–Trinajstić information content (AvgIpc) is 2.91. The molecule has 2 aromatic carbocycles. The van der Waals surface area contributed by atoms with Crippen LogP contribution >= 0.6 is 44.3 Å². The fourth-order valence-corrected chi connectivity index (χ4v) is 5.28. The number of nitrogens with two attached hydrogens (primary N) is 2. The molecule has 11 heteroatoms. The number of hydrogen-bond acceptors (Lipinski definition) is 8. The molecule has 0 bridgehead atoms. The third kappa shape index (κ3) is 8.07. The standard InChI is InChI=1S/2C13H16BrNO3.ClH/c2*1-17-13(16)11(15)7-8-4-5-10(14)12-9(8)3-2-6-18-12;/h2*4-5,11H,2-3,6-7,15H2,1H3;1H/t2*11-;/m00./s1. The lowest BCUT2D eigenvalue weighted by molar-refractivity contribution is -0.142. The van der Waals surface area contributed by atoms with Crippen molar-refractivity contribution in [3.8, 4) is 11.5 Å². The molecule has 0 saturated carbocycles. The minimum absolute atomic E-state index is 0. The van der Waals surface area contributed by atoms with Gasteiger partial charge in [0.05, 0.1) is 36.4 Å². The first-order valence-electron chi connectivity index (χ1n) is 11.8. The number of halogens is 3. The van der Waals surface area contributed by atoms with Gasteiger partial charge in [-0.05, 0) is 105 Å². The van der Waals surface area contributed by atoms with Crippen molar-refractivity contribution < 1.29 is 28.5 Å². The summed E-state index contributed by atoms with van der Waals surface area (Å²) in [5.41, 5.74) is 16.0. The number of rotatable bonds is 6. The van der Waals surface area contributed by atoms with E-state index in [9.17, 15) is 9.59 Å². The lowest BCUT2D eigenvalue weighted by Crippen LogP contribution is -2.34. The van der Waals surface area contributed by atoms with Crippen molar-refractivity contribution in [1.82, 2.24) is 0 Å². The highest BCUT2D eigenvalue weighted by Crippen LogP contribution is 2.36. The first-order chi connectivity index (χ1) is 17.3. The topological polar surface area (TPSA) is 123 Å². The van der Waals surface area contributed by atoms with Crippen molar-refractivity contribution in [3.63, 3.8) is 0 Å². The minimum Gasteiger partial charge on any atom is -0.492 e. The Morgan fingerprint density at radius 1 is 0.811 bits per heavy atom. The van der Waals surface area contributed by atoms with Crippen molar-refractivity contribution >= 4 is 56.2 Å². The predicted molar refractivity (Wildman–Crippen MR) is 151 cm³/mol. The molecule has 0 fully saturated rings. The Kier molecular flexibility index (Phi) is 12.7. The quantitative estimate of drug-likeness (QED) is 0.444. The van der Waals surface area contributed by atoms with E-state index < -0.39 is 12.1 Å². The number of carbonyl (C=O) groups excluding carboxylic acids is 2. The fraction of sp³-hybridized carbons (Fsp3) is 0.462. The summed E-state index contributed by atoms with van der Waals surface area (Å²) in [4.78, 5) is 22.7. The van der Waals surface area contributed by atoms with E-state index in [1.165, 1.54) is 14.2 Å². The van der Waals surface area contributed by atoms with Crippen LogP contribution in [0.25, 0.3) is 0 Å². The van der Waals surface area contributed by atoms with Gasteiger partial charge >= 0.3 is 11.9 Å². The van der Waals surface area contributed by atoms with E-state index in [-0.39, 0.29) is 24.3 Å². The van der Waals surface area contributed by atoms with Crippen molar-refractivity contribution in [2.24, 2.45) is 11.5 Å². The summed E-state index contributed by atoms with van der Waals surface area (Å²) >= 11 is 6.95. The summed E-state index contributed by atoms with van der Waals surface area (Å²) in [5, 5.41) is 0. The highest BCUT2D eigenvalue weighted by Gasteiger charge is 2.23. The summed E-state index contributed by atoms with van der Waals surface area (Å²) in [6, 6.07) is 6.60. The Bertz CT molecular complexity index is 1020. The number of fused-ring (bicyclic) bond motifs is 2. The molecule has 4 N–H and O–H groups in total. The van der Waals surface area contributed by atoms with E-state index in [1.807, 2.05) is 24.3 Å². The molecule has 37 heavy (non-hydrogen) atoms. The van der Waals surface area contributed by atoms with Gasteiger partial charge in [0.15, 0.2) is 0 Å². The van der Waals surface area contributed by atoms with Crippen LogP contribution in [0.5, 0.6) is 11.5 Å². The maximum absolute atomic E-state index is 11.4. The average molecular weight is 665 g/mol. The molecular formula is C26H33Br2ClN2O6. The van der Waals surface area contributed by atoms with Gasteiger partial charge in [0.1, 0.15) is 23.6 Å². The fourth-order valence-electron chi connectivity index (χ4n) is 4.31. The molecule has 2 aliphatic heterocycles. The first kappa shape index (κ1) is 31.4. The van der Waals surface area contributed by atoms with E-state index in [0.29, 0.717) is 12.8 Å². The van der Waals surface area contributed by atoms with Crippen LogP contribution < -0.4 is 20.9 Å². The minimum atomic E-state index is -0.623. The molecule has 0 saturated heterocycles. The molecule has 0 radical (unpaired) electrons. The van der Waals surface area contributed by atoms with Crippen molar-refractivity contribution in [1.29, 1.82) is 0 Å². The summed E-state index contributed by atoms with van der Waals surface area (Å²) in [5.74, 6) is 0.999. The monoisotopic (exact) mass is 662 g/mol. The molecule has 2 heterocycles. The number of hydrogen-bond donors (Lipinski definition) is 2. The first-order valence-corrected chi connectivity index (χ1v) is 13.4. The molecule has 4 rings (SSSR count). The number of esters is 2. The second-order valence-electron chi connectivity index (χ2n) is 8.60. The largest absolute Gasteiger partial charge is 0.492 e. The highest BCUT2D eigenvalue weighted by molar-refractivity contribution is 9.10. The molecule has 2 aliphatic rings. The van der Waals surface area contributed by atoms with Gasteiger partial charge in [0, 0.05) is 0 Å². The van der Waals surface area contributed by atoms with Crippen LogP contribution in [0.2, 0.25) is 0 Å². The molecule has 0 aliphatic carbocycles. The van der Waals surface area contributed by atoms with Crippen LogP contribution in [0.15, 0.2) is 33.2 Å². The molecule has 0 amide bonds. The van der Waals surface area contributed by atoms with Crippen LogP contribution in [0.4, 0.5) is 0 Å². The van der Waals surface area contributed by atoms with Gasteiger partial charge in [-0.15, -0.1) is 12.4 Å². The zero-order valence-electron chi connectivity index (χ0n) is 20.9. The number of carbonyl (C=O) groups is 2. The zero-order valence-corrected chi connectivity index (χ0v) is 24.9. The molecule has 0 aromatic heterocycles. The lowest BCUT2D eigenvalue weighted by Gasteiger charge is -2.22. The van der Waals surface area contributed by atoms with Crippen LogP contribution in [-0.2, 0) is 44.7 Å². The lowest BCUT2D eigenvalue weighted by atomic mass is 9.95. The second kappa shape index (κ2) is 14.9. The van der Waals surface area contributed by atoms with Gasteiger partial charge in [-0.3, -0.25) is 9.59 Å². The Hall–Kier alpha value is -1.85. The Morgan fingerprint density at radius 3 is 1.54 bits per heavy atom. The van der Waals surface area contributed by atoms with Gasteiger partial charge in [-0.2, -0.15) is 0 Å². The molecule has 0 unspecified atom stereocenters. The Balaban J connectivity index is 0.000000253. The second-order valence-corrected chi connectivity index (χ2v) is 10.3. The van der Waals surface area contributed by atoms with Crippen LogP contribution in [0.1, 0.15) is 35.1 Å². The summed E-state index contributed by atoms with van der Waals surface area (Å²) in [7, 11) is 2.70. The molecule has 8 nitrogen and oxygen atoms in total. The summed E-state index contributed by atoms with van der Waals surface area (Å²) in [6.07, 6.45) is 4.85. The SMILES string of the molecule is COC(=O)[C@@H](N)Cc1ccc(Br)c2c1CCCO2.COC(=O)[C@@H](N)Cc1ccc(Br)c2c1CCCO2.Cl. The van der Waals surface area contributed by atoms with Gasteiger partial charge in [-0.25, -0.2) is 0 Å².